The van der Waals surface area contributed by atoms with E-state index in [0.717, 1.165) is 27.1 Å². The maximum atomic E-state index is 11.7. The van der Waals surface area contributed by atoms with Crippen LogP contribution in [-0.2, 0) is 9.53 Å². The Morgan fingerprint density at radius 2 is 1.59 bits per heavy atom. The number of nitriles is 1. The van der Waals surface area contributed by atoms with E-state index in [4.69, 9.17) is 0 Å². The fraction of sp³-hybridized carbons (Fsp3) is 0.0526. The first kappa shape index (κ1) is 13.8. The van der Waals surface area contributed by atoms with Crippen LogP contribution in [0.1, 0.15) is 5.56 Å². The molecule has 0 saturated carbocycles. The van der Waals surface area contributed by atoms with Gasteiger partial charge in [-0.15, -0.1) is 0 Å². The van der Waals surface area contributed by atoms with Crippen LogP contribution in [0.5, 0.6) is 0 Å². The zero-order valence-corrected chi connectivity index (χ0v) is 12.0. The van der Waals surface area contributed by atoms with E-state index in [1.54, 1.807) is 6.08 Å². The number of methoxy groups -OCH3 is 1. The number of nitrogens with zero attached hydrogens (tertiary/aromatic N) is 1. The summed E-state index contributed by atoms with van der Waals surface area (Å²) in [7, 11) is 1.27. The Balaban J connectivity index is 2.41. The van der Waals surface area contributed by atoms with Crippen molar-refractivity contribution in [1.29, 1.82) is 5.26 Å². The molecule has 0 atom stereocenters. The van der Waals surface area contributed by atoms with Crippen molar-refractivity contribution in [3.05, 3.63) is 65.7 Å². The molecule has 0 bridgehead atoms. The summed E-state index contributed by atoms with van der Waals surface area (Å²) in [6, 6.07) is 19.8. The lowest BCUT2D eigenvalue weighted by Gasteiger charge is -2.08. The molecule has 3 rings (SSSR count). The molecule has 0 spiro atoms. The molecule has 0 amide bonds. The smallest absolute Gasteiger partial charge is 0.348 e. The van der Waals surface area contributed by atoms with Crippen molar-refractivity contribution in [2.24, 2.45) is 0 Å². The van der Waals surface area contributed by atoms with Crippen LogP contribution in [-0.4, -0.2) is 13.1 Å². The number of ether oxygens (including phenoxy) is 1. The number of esters is 1. The summed E-state index contributed by atoms with van der Waals surface area (Å²) in [5.74, 6) is -0.625. The topological polar surface area (TPSA) is 50.1 Å². The van der Waals surface area contributed by atoms with Gasteiger partial charge in [0.1, 0.15) is 11.6 Å². The van der Waals surface area contributed by atoms with Crippen molar-refractivity contribution in [2.45, 2.75) is 0 Å². The first-order chi connectivity index (χ1) is 10.7. The van der Waals surface area contributed by atoms with Gasteiger partial charge in [-0.3, -0.25) is 0 Å². The van der Waals surface area contributed by atoms with Crippen LogP contribution < -0.4 is 0 Å². The van der Waals surface area contributed by atoms with E-state index < -0.39 is 5.97 Å². The van der Waals surface area contributed by atoms with E-state index >= 15 is 0 Å². The number of carbonyl (C=O) groups excluding carboxylic acids is 1. The molecule has 0 aromatic heterocycles. The SMILES string of the molecule is COC(=O)C(C#N)=Cc1c2ccccc2cc2ccccc12. The lowest BCUT2D eigenvalue weighted by molar-refractivity contribution is -0.135. The van der Waals surface area contributed by atoms with Gasteiger partial charge in [0.05, 0.1) is 7.11 Å². The molecule has 0 aliphatic carbocycles. The number of carbonyl (C=O) groups is 1. The minimum atomic E-state index is -0.625. The Kier molecular flexibility index (Phi) is 3.59. The first-order valence-electron chi connectivity index (χ1n) is 6.85. The molecule has 0 aliphatic heterocycles. The largest absolute Gasteiger partial charge is 0.465 e. The van der Waals surface area contributed by atoms with Crippen molar-refractivity contribution < 1.29 is 9.53 Å². The molecule has 3 nitrogen and oxygen atoms in total. The number of hydrogen-bond donors (Lipinski definition) is 0. The van der Waals surface area contributed by atoms with Crippen molar-refractivity contribution in [3.63, 3.8) is 0 Å². The lowest BCUT2D eigenvalue weighted by atomic mass is 9.95. The minimum absolute atomic E-state index is 0.0102. The molecule has 0 N–H and O–H groups in total. The third kappa shape index (κ3) is 2.32. The third-order valence-electron chi connectivity index (χ3n) is 3.63. The van der Waals surface area contributed by atoms with E-state index in [0.29, 0.717) is 0 Å². The normalized spacial score (nSPS) is 11.4. The quantitative estimate of drug-likeness (QED) is 0.309. The van der Waals surface area contributed by atoms with Gasteiger partial charge in [0.25, 0.3) is 0 Å². The maximum absolute atomic E-state index is 11.7. The summed E-state index contributed by atoms with van der Waals surface area (Å²) in [6.45, 7) is 0. The van der Waals surface area contributed by atoms with Crippen LogP contribution in [0, 0.1) is 11.3 Å². The standard InChI is InChI=1S/C19H13NO2/c1-22-19(21)15(12-20)11-18-16-8-4-2-6-13(16)10-14-7-3-5-9-17(14)18/h2-11H,1H3. The highest BCUT2D eigenvalue weighted by Crippen LogP contribution is 2.30. The van der Waals surface area contributed by atoms with E-state index in [9.17, 15) is 10.1 Å². The zero-order valence-electron chi connectivity index (χ0n) is 12.0. The average Bonchev–Trinajstić information content (AvgIpc) is 2.58. The predicted molar refractivity (Wildman–Crippen MR) is 87.1 cm³/mol. The Morgan fingerprint density at radius 1 is 1.05 bits per heavy atom. The summed E-state index contributed by atoms with van der Waals surface area (Å²) in [4.78, 5) is 11.7. The Morgan fingerprint density at radius 3 is 2.09 bits per heavy atom. The minimum Gasteiger partial charge on any atom is -0.465 e. The fourth-order valence-electron chi connectivity index (χ4n) is 2.60. The molecule has 0 fully saturated rings. The second-order valence-electron chi connectivity index (χ2n) is 4.89. The Hall–Kier alpha value is -3.12. The second kappa shape index (κ2) is 5.71. The van der Waals surface area contributed by atoms with Crippen LogP contribution in [0.15, 0.2) is 60.2 Å². The van der Waals surface area contributed by atoms with E-state index in [-0.39, 0.29) is 5.57 Å². The second-order valence-corrected chi connectivity index (χ2v) is 4.89. The van der Waals surface area contributed by atoms with Crippen LogP contribution >= 0.6 is 0 Å². The van der Waals surface area contributed by atoms with E-state index in [1.807, 2.05) is 54.6 Å². The Labute approximate surface area is 128 Å². The highest BCUT2D eigenvalue weighted by atomic mass is 16.5. The fourth-order valence-corrected chi connectivity index (χ4v) is 2.60. The summed E-state index contributed by atoms with van der Waals surface area (Å²) in [5.41, 5.74) is 0.847. The van der Waals surface area contributed by atoms with E-state index in [1.165, 1.54) is 7.11 Å². The van der Waals surface area contributed by atoms with Gasteiger partial charge in [0.15, 0.2) is 0 Å². The first-order valence-corrected chi connectivity index (χ1v) is 6.85. The molecule has 0 aliphatic rings. The third-order valence-corrected chi connectivity index (χ3v) is 3.63. The van der Waals surface area contributed by atoms with E-state index in [2.05, 4.69) is 10.8 Å². The predicted octanol–water partition coefficient (Wildman–Crippen LogP) is 4.07. The number of benzene rings is 3. The molecule has 0 radical (unpaired) electrons. The van der Waals surface area contributed by atoms with Crippen molar-refractivity contribution in [3.8, 4) is 6.07 Å². The summed E-state index contributed by atoms with van der Waals surface area (Å²) in [5, 5.41) is 13.3. The molecule has 3 aromatic rings. The molecule has 106 valence electrons. The van der Waals surface area contributed by atoms with Crippen LogP contribution in [0.25, 0.3) is 27.6 Å². The Bertz CT molecular complexity index is 894. The van der Waals surface area contributed by atoms with Gasteiger partial charge in [0, 0.05) is 0 Å². The monoisotopic (exact) mass is 287 g/mol. The van der Waals surface area contributed by atoms with Crippen molar-refractivity contribution in [2.75, 3.05) is 7.11 Å². The lowest BCUT2D eigenvalue weighted by Crippen LogP contribution is -2.02. The summed E-state index contributed by atoms with van der Waals surface area (Å²) >= 11 is 0. The van der Waals surface area contributed by atoms with Gasteiger partial charge >= 0.3 is 5.97 Å². The van der Waals surface area contributed by atoms with Gasteiger partial charge in [-0.2, -0.15) is 5.26 Å². The number of hydrogen-bond acceptors (Lipinski definition) is 3. The maximum Gasteiger partial charge on any atom is 0.348 e. The molecule has 3 aromatic carbocycles. The average molecular weight is 287 g/mol. The van der Waals surface area contributed by atoms with Crippen LogP contribution in [0.2, 0.25) is 0 Å². The molecular weight excluding hydrogens is 274 g/mol. The molecule has 0 heterocycles. The number of rotatable bonds is 2. The van der Waals surface area contributed by atoms with Gasteiger partial charge in [0.2, 0.25) is 0 Å². The highest BCUT2D eigenvalue weighted by Gasteiger charge is 2.12. The van der Waals surface area contributed by atoms with Crippen molar-refractivity contribution >= 4 is 33.6 Å². The van der Waals surface area contributed by atoms with Gasteiger partial charge in [-0.25, -0.2) is 4.79 Å². The van der Waals surface area contributed by atoms with Gasteiger partial charge < -0.3 is 4.74 Å². The van der Waals surface area contributed by atoms with Gasteiger partial charge in [-0.1, -0.05) is 48.5 Å². The molecular formula is C19H13NO2. The molecule has 0 unspecified atom stereocenters. The summed E-state index contributed by atoms with van der Waals surface area (Å²) in [6.07, 6.45) is 1.61. The summed E-state index contributed by atoms with van der Waals surface area (Å²) < 4.78 is 4.67. The highest BCUT2D eigenvalue weighted by molar-refractivity contribution is 6.10. The number of fused-ring (bicyclic) bond motifs is 2. The molecule has 3 heteroatoms. The zero-order chi connectivity index (χ0) is 15.5. The van der Waals surface area contributed by atoms with Gasteiger partial charge in [-0.05, 0) is 39.3 Å². The van der Waals surface area contributed by atoms with Crippen molar-refractivity contribution in [1.82, 2.24) is 0 Å². The molecule has 0 saturated heterocycles. The van der Waals surface area contributed by atoms with Crippen LogP contribution in [0.4, 0.5) is 0 Å². The molecule has 22 heavy (non-hydrogen) atoms. The van der Waals surface area contributed by atoms with Crippen LogP contribution in [0.3, 0.4) is 0 Å².